The standard InChI is InChI=1S/C24H20N6O3/c1-33-24(32)18-4-2-3-15(7-18)13-30-14-16(10-27-30)8-22(31)23-20-6-5-17(9-21(20)28-29-23)19-11-25-26-12-19/h2-7,9-12,14H,8,13H2,1H3,(H,25,26)(H,28,29). The molecule has 9 heteroatoms. The lowest BCUT2D eigenvalue weighted by atomic mass is 10.0. The van der Waals surface area contributed by atoms with Crippen LogP contribution >= 0.6 is 0 Å². The summed E-state index contributed by atoms with van der Waals surface area (Å²) >= 11 is 0. The van der Waals surface area contributed by atoms with E-state index in [0.717, 1.165) is 33.2 Å². The fourth-order valence-electron chi connectivity index (χ4n) is 3.78. The fraction of sp³-hybridized carbons (Fsp3) is 0.125. The van der Waals surface area contributed by atoms with Crippen LogP contribution in [0.2, 0.25) is 0 Å². The maximum Gasteiger partial charge on any atom is 0.337 e. The molecule has 2 aromatic carbocycles. The number of carbonyl (C=O) groups is 2. The average Bonchev–Trinajstić information content (AvgIpc) is 3.59. The molecule has 0 radical (unpaired) electrons. The molecule has 0 unspecified atom stereocenters. The lowest BCUT2D eigenvalue weighted by Gasteiger charge is -2.04. The van der Waals surface area contributed by atoms with Gasteiger partial charge in [-0.05, 0) is 41.0 Å². The second-order valence-electron chi connectivity index (χ2n) is 7.66. The first-order valence-electron chi connectivity index (χ1n) is 10.3. The van der Waals surface area contributed by atoms with Crippen molar-refractivity contribution in [2.24, 2.45) is 0 Å². The van der Waals surface area contributed by atoms with Gasteiger partial charge in [0, 0.05) is 29.8 Å². The summed E-state index contributed by atoms with van der Waals surface area (Å²) in [4.78, 5) is 24.7. The van der Waals surface area contributed by atoms with Crippen molar-refractivity contribution in [3.63, 3.8) is 0 Å². The number of ether oxygens (including phenoxy) is 1. The van der Waals surface area contributed by atoms with E-state index in [-0.39, 0.29) is 18.2 Å². The lowest BCUT2D eigenvalue weighted by molar-refractivity contribution is 0.0600. The van der Waals surface area contributed by atoms with Crippen LogP contribution in [0.25, 0.3) is 22.0 Å². The zero-order valence-corrected chi connectivity index (χ0v) is 17.8. The van der Waals surface area contributed by atoms with Crippen LogP contribution in [0.15, 0.2) is 67.3 Å². The van der Waals surface area contributed by atoms with E-state index < -0.39 is 0 Å². The Labute approximate surface area is 188 Å². The highest BCUT2D eigenvalue weighted by Gasteiger charge is 2.16. The number of hydrogen-bond acceptors (Lipinski definition) is 6. The molecule has 33 heavy (non-hydrogen) atoms. The van der Waals surface area contributed by atoms with Gasteiger partial charge in [0.05, 0.1) is 37.1 Å². The van der Waals surface area contributed by atoms with Crippen LogP contribution in [-0.2, 0) is 17.7 Å². The van der Waals surface area contributed by atoms with Gasteiger partial charge < -0.3 is 4.74 Å². The highest BCUT2D eigenvalue weighted by Crippen LogP contribution is 2.25. The van der Waals surface area contributed by atoms with Crippen LogP contribution in [0.5, 0.6) is 0 Å². The number of methoxy groups -OCH3 is 1. The number of fused-ring (bicyclic) bond motifs is 1. The number of hydrogen-bond donors (Lipinski definition) is 2. The van der Waals surface area contributed by atoms with Crippen molar-refractivity contribution < 1.29 is 14.3 Å². The number of carbonyl (C=O) groups excluding carboxylic acids is 2. The molecule has 0 aliphatic heterocycles. The van der Waals surface area contributed by atoms with Crippen molar-refractivity contribution in [2.75, 3.05) is 7.11 Å². The Morgan fingerprint density at radius 1 is 1.06 bits per heavy atom. The number of ketones is 1. The van der Waals surface area contributed by atoms with Crippen molar-refractivity contribution in [2.45, 2.75) is 13.0 Å². The molecule has 9 nitrogen and oxygen atoms in total. The van der Waals surface area contributed by atoms with Gasteiger partial charge in [-0.2, -0.15) is 15.3 Å². The zero-order valence-electron chi connectivity index (χ0n) is 17.8. The molecule has 0 saturated carbocycles. The van der Waals surface area contributed by atoms with Gasteiger partial charge in [0.2, 0.25) is 0 Å². The Hall–Kier alpha value is -4.53. The lowest BCUT2D eigenvalue weighted by Crippen LogP contribution is -2.05. The van der Waals surface area contributed by atoms with Crippen LogP contribution in [0.1, 0.15) is 32.0 Å². The predicted molar refractivity (Wildman–Crippen MR) is 121 cm³/mol. The highest BCUT2D eigenvalue weighted by atomic mass is 16.5. The summed E-state index contributed by atoms with van der Waals surface area (Å²) in [5.41, 5.74) is 5.32. The van der Waals surface area contributed by atoms with Gasteiger partial charge in [0.15, 0.2) is 5.78 Å². The third kappa shape index (κ3) is 4.16. The Balaban J connectivity index is 1.30. The Bertz CT molecular complexity index is 1450. The topological polar surface area (TPSA) is 119 Å². The molecule has 2 N–H and O–H groups in total. The molecule has 5 rings (SSSR count). The molecule has 5 aromatic rings. The van der Waals surface area contributed by atoms with Crippen LogP contribution in [0.4, 0.5) is 0 Å². The number of aromatic nitrogens is 6. The molecule has 0 atom stereocenters. The third-order valence-electron chi connectivity index (χ3n) is 5.40. The van der Waals surface area contributed by atoms with E-state index in [1.54, 1.807) is 35.3 Å². The zero-order chi connectivity index (χ0) is 22.8. The largest absolute Gasteiger partial charge is 0.465 e. The number of benzene rings is 2. The molecule has 0 bridgehead atoms. The molecule has 3 aromatic heterocycles. The predicted octanol–water partition coefficient (Wildman–Crippen LogP) is 3.41. The minimum atomic E-state index is -0.383. The average molecular weight is 440 g/mol. The molecule has 0 aliphatic rings. The van der Waals surface area contributed by atoms with Crippen molar-refractivity contribution in [3.8, 4) is 11.1 Å². The van der Waals surface area contributed by atoms with Gasteiger partial charge in [-0.3, -0.25) is 19.7 Å². The first-order chi connectivity index (χ1) is 16.1. The second-order valence-corrected chi connectivity index (χ2v) is 7.66. The van der Waals surface area contributed by atoms with Gasteiger partial charge in [-0.15, -0.1) is 0 Å². The van der Waals surface area contributed by atoms with Gasteiger partial charge in [0.25, 0.3) is 0 Å². The Kier molecular flexibility index (Phi) is 5.27. The summed E-state index contributed by atoms with van der Waals surface area (Å²) < 4.78 is 6.50. The van der Waals surface area contributed by atoms with Crippen molar-refractivity contribution in [1.29, 1.82) is 0 Å². The van der Waals surface area contributed by atoms with E-state index in [0.29, 0.717) is 17.8 Å². The number of H-pyrrole nitrogens is 2. The fourth-order valence-corrected chi connectivity index (χ4v) is 3.78. The van der Waals surface area contributed by atoms with Gasteiger partial charge in [0.1, 0.15) is 5.69 Å². The van der Waals surface area contributed by atoms with E-state index in [4.69, 9.17) is 4.74 Å². The molecular formula is C24H20N6O3. The Morgan fingerprint density at radius 3 is 2.79 bits per heavy atom. The molecule has 0 aliphatic carbocycles. The SMILES string of the molecule is COC(=O)c1cccc(Cn2cc(CC(=O)c3n[nH]c4cc(-c5cn[nH]c5)ccc34)cn2)c1. The van der Waals surface area contributed by atoms with Crippen molar-refractivity contribution >= 4 is 22.7 Å². The van der Waals surface area contributed by atoms with Crippen molar-refractivity contribution in [1.82, 2.24) is 30.2 Å². The number of nitrogens with zero attached hydrogens (tertiary/aromatic N) is 4. The third-order valence-corrected chi connectivity index (χ3v) is 5.40. The van der Waals surface area contributed by atoms with Crippen LogP contribution in [0, 0.1) is 0 Å². The summed E-state index contributed by atoms with van der Waals surface area (Å²) in [7, 11) is 1.35. The normalized spacial score (nSPS) is 11.1. The minimum Gasteiger partial charge on any atom is -0.465 e. The van der Waals surface area contributed by atoms with Crippen LogP contribution < -0.4 is 0 Å². The molecule has 3 heterocycles. The summed E-state index contributed by atoms with van der Waals surface area (Å²) in [5.74, 6) is -0.476. The van der Waals surface area contributed by atoms with E-state index in [9.17, 15) is 9.59 Å². The number of nitrogens with one attached hydrogen (secondary N) is 2. The van der Waals surface area contributed by atoms with Gasteiger partial charge in [-0.1, -0.05) is 18.2 Å². The van der Waals surface area contributed by atoms with Crippen LogP contribution in [-0.4, -0.2) is 49.0 Å². The molecular weight excluding hydrogens is 420 g/mol. The molecule has 0 spiro atoms. The van der Waals surface area contributed by atoms with E-state index >= 15 is 0 Å². The van der Waals surface area contributed by atoms with Crippen molar-refractivity contribution in [3.05, 3.63) is 89.6 Å². The highest BCUT2D eigenvalue weighted by molar-refractivity contribution is 6.07. The van der Waals surface area contributed by atoms with Gasteiger partial charge >= 0.3 is 5.97 Å². The summed E-state index contributed by atoms with van der Waals surface area (Å²) in [6.07, 6.45) is 7.24. The van der Waals surface area contributed by atoms with E-state index in [1.807, 2.05) is 36.7 Å². The van der Waals surface area contributed by atoms with E-state index in [1.165, 1.54) is 7.11 Å². The summed E-state index contributed by atoms with van der Waals surface area (Å²) in [6, 6.07) is 13.0. The number of esters is 1. The first-order valence-corrected chi connectivity index (χ1v) is 10.3. The monoisotopic (exact) mass is 440 g/mol. The molecule has 0 fully saturated rings. The second kappa shape index (κ2) is 8.54. The quantitative estimate of drug-likeness (QED) is 0.296. The molecule has 0 amide bonds. The first kappa shape index (κ1) is 20.4. The number of Topliss-reactive ketones (excluding diaryl/α,β-unsaturated/α-hetero) is 1. The Morgan fingerprint density at radius 2 is 1.97 bits per heavy atom. The smallest absolute Gasteiger partial charge is 0.337 e. The summed E-state index contributed by atoms with van der Waals surface area (Å²) in [6.45, 7) is 0.473. The minimum absolute atomic E-state index is 0.0930. The summed E-state index contributed by atoms with van der Waals surface area (Å²) in [5, 5.41) is 19.1. The van der Waals surface area contributed by atoms with Gasteiger partial charge in [-0.25, -0.2) is 4.79 Å². The van der Waals surface area contributed by atoms with Crippen LogP contribution in [0.3, 0.4) is 0 Å². The molecule has 164 valence electrons. The van der Waals surface area contributed by atoms with E-state index in [2.05, 4.69) is 25.5 Å². The molecule has 0 saturated heterocycles. The maximum atomic E-state index is 12.9. The number of rotatable bonds is 7. The number of aromatic amines is 2. The maximum absolute atomic E-state index is 12.9.